The third kappa shape index (κ3) is 2.20. The van der Waals surface area contributed by atoms with Crippen LogP contribution in [0.15, 0.2) is 54.6 Å². The maximum Gasteiger partial charge on any atom is 0.269 e. The lowest BCUT2D eigenvalue weighted by atomic mass is 9.77. The number of hydrogen-bond acceptors (Lipinski definition) is 3. The van der Waals surface area contributed by atoms with Crippen LogP contribution in [0.25, 0.3) is 0 Å². The van der Waals surface area contributed by atoms with Crippen molar-refractivity contribution in [2.45, 2.75) is 18.4 Å². The highest BCUT2D eigenvalue weighted by molar-refractivity contribution is 5.60. The number of nitrogens with zero attached hydrogens (tertiary/aromatic N) is 1. The summed E-state index contributed by atoms with van der Waals surface area (Å²) in [5.74, 6) is 0.106. The molecule has 0 bridgehead atoms. The minimum atomic E-state index is -0.398. The number of fused-ring (bicyclic) bond motifs is 3. The van der Waals surface area contributed by atoms with Gasteiger partial charge in [0.15, 0.2) is 0 Å². The molecule has 3 atom stereocenters. The van der Waals surface area contributed by atoms with Crippen LogP contribution < -0.4 is 5.32 Å². The fraction of sp³-hybridized carbons (Fsp3) is 0.222. The fourth-order valence-electron chi connectivity index (χ4n) is 3.75. The molecule has 0 aromatic heterocycles. The van der Waals surface area contributed by atoms with E-state index in [9.17, 15) is 14.5 Å². The Morgan fingerprint density at radius 2 is 2.04 bits per heavy atom. The third-order valence-corrected chi connectivity index (χ3v) is 4.79. The van der Waals surface area contributed by atoms with Gasteiger partial charge in [0.2, 0.25) is 0 Å². The minimum Gasteiger partial charge on any atom is -0.375 e. The first kappa shape index (κ1) is 13.9. The lowest BCUT2D eigenvalue weighted by Crippen LogP contribution is -2.29. The van der Waals surface area contributed by atoms with Crippen molar-refractivity contribution in [3.05, 3.63) is 81.7 Å². The van der Waals surface area contributed by atoms with Crippen molar-refractivity contribution in [1.82, 2.24) is 0 Å². The number of non-ortho nitro benzene ring substituents is 1. The van der Waals surface area contributed by atoms with E-state index in [1.165, 1.54) is 12.1 Å². The van der Waals surface area contributed by atoms with Gasteiger partial charge in [-0.25, -0.2) is 4.39 Å². The third-order valence-electron chi connectivity index (χ3n) is 4.79. The second kappa shape index (κ2) is 5.19. The zero-order chi connectivity index (χ0) is 16.0. The summed E-state index contributed by atoms with van der Waals surface area (Å²) in [5, 5.41) is 14.3. The van der Waals surface area contributed by atoms with Crippen LogP contribution >= 0.6 is 0 Å². The van der Waals surface area contributed by atoms with E-state index >= 15 is 0 Å². The van der Waals surface area contributed by atoms with E-state index in [1.807, 2.05) is 12.1 Å². The highest BCUT2D eigenvalue weighted by atomic mass is 19.1. The largest absolute Gasteiger partial charge is 0.375 e. The maximum absolute atomic E-state index is 14.2. The molecule has 0 unspecified atom stereocenters. The van der Waals surface area contributed by atoms with Gasteiger partial charge < -0.3 is 5.32 Å². The van der Waals surface area contributed by atoms with Crippen LogP contribution in [-0.2, 0) is 0 Å². The van der Waals surface area contributed by atoms with Crippen LogP contribution in [0.5, 0.6) is 0 Å². The Morgan fingerprint density at radius 1 is 1.22 bits per heavy atom. The average Bonchev–Trinajstić information content (AvgIpc) is 3.04. The number of nitro benzene ring substituents is 1. The highest BCUT2D eigenvalue weighted by Crippen LogP contribution is 2.50. The Kier molecular flexibility index (Phi) is 3.15. The molecule has 0 amide bonds. The van der Waals surface area contributed by atoms with Gasteiger partial charge in [-0.15, -0.1) is 0 Å². The minimum absolute atomic E-state index is 0.0612. The SMILES string of the molecule is O=[N+]([O-])c1cccc([C@H]2Nc3c(F)cccc3[C@@H]3C=CC[C@H]23)c1. The second-order valence-corrected chi connectivity index (χ2v) is 6.03. The highest BCUT2D eigenvalue weighted by Gasteiger charge is 2.39. The number of nitrogens with one attached hydrogen (secondary N) is 1. The molecule has 0 spiro atoms. The molecule has 4 nitrogen and oxygen atoms in total. The fourth-order valence-corrected chi connectivity index (χ4v) is 3.75. The number of para-hydroxylation sites is 1. The Labute approximate surface area is 132 Å². The summed E-state index contributed by atoms with van der Waals surface area (Å²) >= 11 is 0. The molecule has 5 heteroatoms. The van der Waals surface area contributed by atoms with Gasteiger partial charge in [-0.2, -0.15) is 0 Å². The van der Waals surface area contributed by atoms with Gasteiger partial charge >= 0.3 is 0 Å². The molecule has 23 heavy (non-hydrogen) atoms. The van der Waals surface area contributed by atoms with Gasteiger partial charge in [0.25, 0.3) is 5.69 Å². The van der Waals surface area contributed by atoms with Gasteiger partial charge in [0, 0.05) is 18.1 Å². The second-order valence-electron chi connectivity index (χ2n) is 6.03. The number of allylic oxidation sites excluding steroid dienone is 2. The Morgan fingerprint density at radius 3 is 2.87 bits per heavy atom. The lowest BCUT2D eigenvalue weighted by molar-refractivity contribution is -0.384. The average molecular weight is 310 g/mol. The van der Waals surface area contributed by atoms with E-state index in [0.717, 1.165) is 17.5 Å². The molecule has 1 aliphatic carbocycles. The lowest BCUT2D eigenvalue weighted by Gasteiger charge is -2.37. The van der Waals surface area contributed by atoms with E-state index in [0.29, 0.717) is 5.69 Å². The van der Waals surface area contributed by atoms with Crippen LogP contribution in [0.2, 0.25) is 0 Å². The van der Waals surface area contributed by atoms with Crippen molar-refractivity contribution < 1.29 is 9.31 Å². The molecule has 2 aromatic carbocycles. The number of halogens is 1. The smallest absolute Gasteiger partial charge is 0.269 e. The van der Waals surface area contributed by atoms with E-state index < -0.39 is 4.92 Å². The molecule has 1 N–H and O–H groups in total. The molecule has 1 heterocycles. The molecule has 116 valence electrons. The predicted octanol–water partition coefficient (Wildman–Crippen LogP) is 4.56. The molecular weight excluding hydrogens is 295 g/mol. The molecule has 0 fully saturated rings. The van der Waals surface area contributed by atoms with E-state index in [2.05, 4.69) is 17.5 Å². The Bertz CT molecular complexity index is 818. The molecule has 4 rings (SSSR count). The Hall–Kier alpha value is -2.69. The van der Waals surface area contributed by atoms with Crippen LogP contribution in [0, 0.1) is 21.8 Å². The summed E-state index contributed by atoms with van der Waals surface area (Å²) < 4.78 is 14.2. The van der Waals surface area contributed by atoms with Crippen molar-refractivity contribution in [2.24, 2.45) is 5.92 Å². The van der Waals surface area contributed by atoms with Crippen LogP contribution in [0.1, 0.15) is 29.5 Å². The molecule has 0 saturated carbocycles. The normalized spacial score (nSPS) is 24.7. The van der Waals surface area contributed by atoms with Gasteiger partial charge in [0.1, 0.15) is 5.82 Å². The van der Waals surface area contributed by atoms with Gasteiger partial charge in [-0.05, 0) is 29.5 Å². The molecule has 2 aliphatic rings. The first-order chi connectivity index (χ1) is 11.1. The quantitative estimate of drug-likeness (QED) is 0.502. The van der Waals surface area contributed by atoms with E-state index in [1.54, 1.807) is 18.2 Å². The van der Waals surface area contributed by atoms with Crippen LogP contribution in [-0.4, -0.2) is 4.92 Å². The topological polar surface area (TPSA) is 55.2 Å². The van der Waals surface area contributed by atoms with E-state index in [4.69, 9.17) is 0 Å². The van der Waals surface area contributed by atoms with Gasteiger partial charge in [0.05, 0.1) is 16.7 Å². The zero-order valence-corrected chi connectivity index (χ0v) is 12.3. The standard InChI is InChI=1S/C18H15FN2O2/c19-16-9-3-8-15-13-6-2-7-14(13)17(20-18(15)16)11-4-1-5-12(10-11)21(22)23/h1-6,8-10,13-14,17,20H,7H2/t13-,14+,17-/m1/s1. The molecular formula is C18H15FN2O2. The molecule has 0 radical (unpaired) electrons. The molecule has 2 aromatic rings. The summed E-state index contributed by atoms with van der Waals surface area (Å²) in [6.07, 6.45) is 5.11. The summed E-state index contributed by atoms with van der Waals surface area (Å²) in [6.45, 7) is 0. The summed E-state index contributed by atoms with van der Waals surface area (Å²) in [5.41, 5.74) is 2.36. The molecule has 1 aliphatic heterocycles. The number of hydrogen-bond donors (Lipinski definition) is 1. The van der Waals surface area contributed by atoms with Gasteiger partial charge in [-0.1, -0.05) is 36.4 Å². The van der Waals surface area contributed by atoms with Crippen molar-refractivity contribution in [3.63, 3.8) is 0 Å². The Balaban J connectivity index is 1.80. The van der Waals surface area contributed by atoms with Crippen molar-refractivity contribution in [3.8, 4) is 0 Å². The summed E-state index contributed by atoms with van der Waals surface area (Å²) in [6, 6.07) is 11.6. The number of anilines is 1. The maximum atomic E-state index is 14.2. The predicted molar refractivity (Wildman–Crippen MR) is 85.8 cm³/mol. The van der Waals surface area contributed by atoms with Crippen molar-refractivity contribution >= 4 is 11.4 Å². The van der Waals surface area contributed by atoms with Gasteiger partial charge in [-0.3, -0.25) is 10.1 Å². The summed E-state index contributed by atoms with van der Waals surface area (Å²) in [7, 11) is 0. The van der Waals surface area contributed by atoms with Crippen molar-refractivity contribution in [2.75, 3.05) is 5.32 Å². The first-order valence-corrected chi connectivity index (χ1v) is 7.61. The van der Waals surface area contributed by atoms with Crippen LogP contribution in [0.3, 0.4) is 0 Å². The number of rotatable bonds is 2. The summed E-state index contributed by atoms with van der Waals surface area (Å²) in [4.78, 5) is 10.6. The number of benzene rings is 2. The van der Waals surface area contributed by atoms with E-state index in [-0.39, 0.29) is 29.4 Å². The first-order valence-electron chi connectivity index (χ1n) is 7.61. The van der Waals surface area contributed by atoms with Crippen molar-refractivity contribution in [1.29, 1.82) is 0 Å². The molecule has 0 saturated heterocycles. The number of nitro groups is 1. The zero-order valence-electron chi connectivity index (χ0n) is 12.3. The monoisotopic (exact) mass is 310 g/mol. The van der Waals surface area contributed by atoms with Crippen LogP contribution in [0.4, 0.5) is 15.8 Å².